The molecule has 0 N–H and O–H groups in total. The average molecular weight is 730 g/mol. The molecule has 0 saturated heterocycles. The lowest BCUT2D eigenvalue weighted by atomic mass is 10.0. The van der Waals surface area contributed by atoms with Crippen LogP contribution in [0.2, 0.25) is 0 Å². The Morgan fingerprint density at radius 2 is 0.789 bits per heavy atom. The Hall–Kier alpha value is -7.63. The topological polar surface area (TPSA) is 48.5 Å². The van der Waals surface area contributed by atoms with E-state index in [4.69, 9.17) is 15.0 Å². The summed E-state index contributed by atoms with van der Waals surface area (Å²) in [6.07, 6.45) is 0. The molecule has 3 aromatic heterocycles. The molecule has 0 aliphatic heterocycles. The lowest BCUT2D eigenvalue weighted by Gasteiger charge is -2.12. The highest BCUT2D eigenvalue weighted by Crippen LogP contribution is 2.39. The van der Waals surface area contributed by atoms with Crippen molar-refractivity contribution in [2.24, 2.45) is 0 Å². The van der Waals surface area contributed by atoms with E-state index in [1.807, 2.05) is 60.7 Å². The van der Waals surface area contributed by atoms with Crippen LogP contribution in [0, 0.1) is 6.92 Å². The van der Waals surface area contributed by atoms with Gasteiger partial charge in [0, 0.05) is 49.6 Å². The van der Waals surface area contributed by atoms with E-state index >= 15 is 0 Å². The highest BCUT2D eigenvalue weighted by Gasteiger charge is 2.18. The van der Waals surface area contributed by atoms with E-state index in [-0.39, 0.29) is 0 Å². The molecular weight excluding hydrogens is 695 g/mol. The van der Waals surface area contributed by atoms with Crippen molar-refractivity contribution in [3.05, 3.63) is 200 Å². The maximum atomic E-state index is 5.04. The van der Waals surface area contributed by atoms with E-state index in [0.29, 0.717) is 17.5 Å². The van der Waals surface area contributed by atoms with Gasteiger partial charge in [-0.1, -0.05) is 139 Å². The Morgan fingerprint density at radius 1 is 0.298 bits per heavy atom. The van der Waals surface area contributed by atoms with Gasteiger partial charge >= 0.3 is 0 Å². The van der Waals surface area contributed by atoms with Crippen molar-refractivity contribution in [1.82, 2.24) is 24.1 Å². The number of para-hydroxylation sites is 2. The zero-order valence-corrected chi connectivity index (χ0v) is 31.2. The van der Waals surface area contributed by atoms with Crippen LogP contribution in [0.3, 0.4) is 0 Å². The van der Waals surface area contributed by atoms with Crippen LogP contribution >= 0.6 is 0 Å². The molecule has 0 aliphatic carbocycles. The van der Waals surface area contributed by atoms with E-state index < -0.39 is 0 Å². The lowest BCUT2D eigenvalue weighted by molar-refractivity contribution is 1.07. The fourth-order valence-electron chi connectivity index (χ4n) is 8.32. The third kappa shape index (κ3) is 5.59. The molecule has 11 aromatic rings. The molecule has 57 heavy (non-hydrogen) atoms. The molecule has 0 fully saturated rings. The van der Waals surface area contributed by atoms with Gasteiger partial charge < -0.3 is 9.13 Å². The third-order valence-corrected chi connectivity index (χ3v) is 11.0. The molecule has 0 unspecified atom stereocenters. The zero-order chi connectivity index (χ0) is 37.9. The summed E-state index contributed by atoms with van der Waals surface area (Å²) in [5, 5.41) is 4.91. The zero-order valence-electron chi connectivity index (χ0n) is 31.2. The van der Waals surface area contributed by atoms with Crippen molar-refractivity contribution < 1.29 is 0 Å². The Balaban J connectivity index is 1.08. The summed E-state index contributed by atoms with van der Waals surface area (Å²) >= 11 is 0. The van der Waals surface area contributed by atoms with Gasteiger partial charge in [-0.2, -0.15) is 0 Å². The van der Waals surface area contributed by atoms with Crippen molar-refractivity contribution in [2.45, 2.75) is 6.92 Å². The number of hydrogen-bond donors (Lipinski definition) is 0. The summed E-state index contributed by atoms with van der Waals surface area (Å²) in [6, 6.07) is 68.6. The molecule has 0 amide bonds. The number of fused-ring (bicyclic) bond motifs is 6. The smallest absolute Gasteiger partial charge is 0.164 e. The summed E-state index contributed by atoms with van der Waals surface area (Å²) in [5.74, 6) is 1.92. The molecule has 0 radical (unpaired) electrons. The molecule has 268 valence electrons. The minimum absolute atomic E-state index is 0.629. The molecular formula is C52H35N5. The minimum atomic E-state index is 0.629. The third-order valence-electron chi connectivity index (χ3n) is 11.0. The molecule has 0 atom stereocenters. The summed E-state index contributed by atoms with van der Waals surface area (Å²) in [4.78, 5) is 15.0. The van der Waals surface area contributed by atoms with E-state index in [1.54, 1.807) is 0 Å². The van der Waals surface area contributed by atoms with E-state index in [1.165, 1.54) is 43.7 Å². The van der Waals surface area contributed by atoms with Gasteiger partial charge in [0.05, 0.1) is 22.1 Å². The first-order valence-electron chi connectivity index (χ1n) is 19.3. The van der Waals surface area contributed by atoms with E-state index in [9.17, 15) is 0 Å². The van der Waals surface area contributed by atoms with Crippen LogP contribution in [0.1, 0.15) is 5.56 Å². The summed E-state index contributed by atoms with van der Waals surface area (Å²) in [7, 11) is 0. The van der Waals surface area contributed by atoms with Crippen LogP contribution in [0.25, 0.3) is 100 Å². The van der Waals surface area contributed by atoms with E-state index in [0.717, 1.165) is 44.7 Å². The molecule has 0 bridgehead atoms. The first-order valence-corrected chi connectivity index (χ1v) is 19.3. The van der Waals surface area contributed by atoms with Crippen LogP contribution < -0.4 is 0 Å². The van der Waals surface area contributed by atoms with Gasteiger partial charge in [0.2, 0.25) is 0 Å². The van der Waals surface area contributed by atoms with Gasteiger partial charge in [0.1, 0.15) is 0 Å². The second kappa shape index (κ2) is 13.3. The minimum Gasteiger partial charge on any atom is -0.309 e. The second-order valence-electron chi connectivity index (χ2n) is 14.6. The fourth-order valence-corrected chi connectivity index (χ4v) is 8.32. The van der Waals surface area contributed by atoms with Gasteiger partial charge in [0.15, 0.2) is 17.5 Å². The Bertz CT molecular complexity index is 3230. The van der Waals surface area contributed by atoms with Crippen LogP contribution in [0.4, 0.5) is 0 Å². The normalized spacial score (nSPS) is 11.6. The number of benzene rings is 8. The fraction of sp³-hybridized carbons (Fsp3) is 0.0192. The van der Waals surface area contributed by atoms with Crippen molar-refractivity contribution in [3.8, 4) is 56.7 Å². The first kappa shape index (κ1) is 32.8. The van der Waals surface area contributed by atoms with Gasteiger partial charge in [-0.05, 0) is 78.7 Å². The molecule has 5 nitrogen and oxygen atoms in total. The van der Waals surface area contributed by atoms with E-state index in [2.05, 4.69) is 150 Å². The predicted octanol–water partition coefficient (Wildman–Crippen LogP) is 13.0. The van der Waals surface area contributed by atoms with Crippen LogP contribution in [0.15, 0.2) is 194 Å². The highest BCUT2D eigenvalue weighted by atomic mass is 15.0. The Morgan fingerprint density at radius 3 is 1.51 bits per heavy atom. The number of nitrogens with zero attached hydrogens (tertiary/aromatic N) is 5. The molecule has 5 heteroatoms. The molecule has 8 aromatic carbocycles. The summed E-state index contributed by atoms with van der Waals surface area (Å²) < 4.78 is 4.75. The van der Waals surface area contributed by atoms with Crippen molar-refractivity contribution >= 4 is 43.6 Å². The Kier molecular flexibility index (Phi) is 7.64. The maximum Gasteiger partial charge on any atom is 0.164 e. The number of rotatable bonds is 6. The highest BCUT2D eigenvalue weighted by molar-refractivity contribution is 6.12. The largest absolute Gasteiger partial charge is 0.309 e. The quantitative estimate of drug-likeness (QED) is 0.171. The number of hydrogen-bond acceptors (Lipinski definition) is 3. The first-order chi connectivity index (χ1) is 28.2. The predicted molar refractivity (Wildman–Crippen MR) is 235 cm³/mol. The number of aryl methyl sites for hydroxylation is 1. The summed E-state index contributed by atoms with van der Waals surface area (Å²) in [5.41, 5.74) is 13.3. The van der Waals surface area contributed by atoms with Gasteiger partial charge in [-0.3, -0.25) is 0 Å². The molecule has 11 rings (SSSR count). The SMILES string of the molecule is Cc1ccc2c(c1)c1cc(-c3ccc4c5ccccc5n(-c5cccc(-c6nc(-c7ccccc7)nc(-c7ccccc7)n6)c5)c4c3)ccc1n2-c1ccccc1. The lowest BCUT2D eigenvalue weighted by Crippen LogP contribution is -2.01. The van der Waals surface area contributed by atoms with Gasteiger partial charge in [-0.15, -0.1) is 0 Å². The maximum absolute atomic E-state index is 5.04. The Labute approximate surface area is 329 Å². The molecule has 0 saturated carbocycles. The second-order valence-corrected chi connectivity index (χ2v) is 14.6. The number of aromatic nitrogens is 5. The monoisotopic (exact) mass is 729 g/mol. The standard InChI is InChI=1S/C52H35N5/c1-34-24-28-47-44(30-34)45-32-37(26-29-48(45)56(47)40-19-9-4-10-20-40)38-25-27-43-42-22-11-12-23-46(42)57(49(43)33-38)41-21-13-18-39(31-41)52-54-50(35-14-5-2-6-15-35)53-51(55-52)36-16-7-3-8-17-36/h2-33H,1H3. The summed E-state index contributed by atoms with van der Waals surface area (Å²) in [6.45, 7) is 2.17. The van der Waals surface area contributed by atoms with Crippen molar-refractivity contribution in [1.29, 1.82) is 0 Å². The van der Waals surface area contributed by atoms with Gasteiger partial charge in [-0.25, -0.2) is 15.0 Å². The molecule has 0 spiro atoms. The molecule has 3 heterocycles. The van der Waals surface area contributed by atoms with Crippen LogP contribution in [-0.2, 0) is 0 Å². The van der Waals surface area contributed by atoms with Crippen molar-refractivity contribution in [3.63, 3.8) is 0 Å². The van der Waals surface area contributed by atoms with Crippen molar-refractivity contribution in [2.75, 3.05) is 0 Å². The van der Waals surface area contributed by atoms with Gasteiger partial charge in [0.25, 0.3) is 0 Å². The molecule has 0 aliphatic rings. The van der Waals surface area contributed by atoms with Crippen LogP contribution in [-0.4, -0.2) is 24.1 Å². The average Bonchev–Trinajstić information content (AvgIpc) is 3.79. The van der Waals surface area contributed by atoms with Crippen LogP contribution in [0.5, 0.6) is 0 Å².